The van der Waals surface area contributed by atoms with E-state index >= 15 is 0 Å². The van der Waals surface area contributed by atoms with Crippen molar-refractivity contribution in [2.75, 3.05) is 0 Å². The molecular weight excluding hydrogens is 532 g/mol. The summed E-state index contributed by atoms with van der Waals surface area (Å²) in [6, 6.07) is 16.7. The molecule has 0 N–H and O–H groups in total. The maximum absolute atomic E-state index is 13.8. The van der Waals surface area contributed by atoms with E-state index in [1.807, 2.05) is 0 Å². The zero-order valence-corrected chi connectivity index (χ0v) is 20.7. The van der Waals surface area contributed by atoms with Crippen LogP contribution in [0.3, 0.4) is 0 Å². The molecule has 0 unspecified atom stereocenters. The molecule has 1 aliphatic carbocycles. The first kappa shape index (κ1) is 23.0. The van der Waals surface area contributed by atoms with Gasteiger partial charge in [-0.05, 0) is 58.7 Å². The number of hydrogen-bond donors (Lipinski definition) is 0. The SMILES string of the molecule is O=C1c2sc3cc(-c4cc(F)cc(F)c4)ccc3c2C(=O)c2sc3cc(-c4cc(F)cc(F)c4)ccc3c21. The lowest BCUT2D eigenvalue weighted by Gasteiger charge is -2.10. The molecule has 0 fully saturated rings. The molecule has 2 heterocycles. The highest BCUT2D eigenvalue weighted by Gasteiger charge is 2.36. The van der Waals surface area contributed by atoms with Gasteiger partial charge in [-0.15, -0.1) is 22.7 Å². The number of benzene rings is 4. The predicted octanol–water partition coefficient (Wildman–Crippen LogP) is 8.78. The van der Waals surface area contributed by atoms with E-state index in [0.29, 0.717) is 63.3 Å². The van der Waals surface area contributed by atoms with Crippen molar-refractivity contribution in [1.82, 2.24) is 0 Å². The molecule has 2 aromatic heterocycles. The molecule has 0 bridgehead atoms. The number of thiophene rings is 2. The van der Waals surface area contributed by atoms with Crippen LogP contribution in [0.1, 0.15) is 30.5 Å². The number of hydrogen-bond acceptors (Lipinski definition) is 4. The molecule has 8 heteroatoms. The Bertz CT molecular complexity index is 1830. The van der Waals surface area contributed by atoms with Crippen molar-refractivity contribution >= 4 is 54.4 Å². The zero-order chi connectivity index (χ0) is 26.3. The third-order valence-electron chi connectivity index (χ3n) is 6.64. The Hall–Kier alpha value is -4.14. The lowest BCUT2D eigenvalue weighted by atomic mass is 9.90. The second kappa shape index (κ2) is 8.18. The number of fused-ring (bicyclic) bond motifs is 6. The van der Waals surface area contributed by atoms with E-state index in [1.165, 1.54) is 46.9 Å². The predicted molar refractivity (Wildman–Crippen MR) is 141 cm³/mol. The summed E-state index contributed by atoms with van der Waals surface area (Å²) in [5.74, 6) is -3.33. The lowest BCUT2D eigenvalue weighted by Crippen LogP contribution is -2.16. The Morgan fingerprint density at radius 3 is 1.18 bits per heavy atom. The smallest absolute Gasteiger partial charge is 0.205 e. The summed E-state index contributed by atoms with van der Waals surface area (Å²) in [7, 11) is 0. The highest BCUT2D eigenvalue weighted by molar-refractivity contribution is 7.24. The molecule has 0 aliphatic heterocycles. The van der Waals surface area contributed by atoms with E-state index in [2.05, 4.69) is 0 Å². The van der Waals surface area contributed by atoms with Crippen molar-refractivity contribution in [3.8, 4) is 22.3 Å². The fraction of sp³-hybridized carbons (Fsp3) is 0. The Labute approximate surface area is 220 Å². The lowest BCUT2D eigenvalue weighted by molar-refractivity contribution is 0.0988. The summed E-state index contributed by atoms with van der Waals surface area (Å²) in [4.78, 5) is 27.9. The average molecular weight is 545 g/mol. The minimum absolute atomic E-state index is 0.273. The highest BCUT2D eigenvalue weighted by atomic mass is 32.1. The summed E-state index contributed by atoms with van der Waals surface area (Å²) < 4.78 is 56.4. The van der Waals surface area contributed by atoms with E-state index in [0.717, 1.165) is 12.1 Å². The van der Waals surface area contributed by atoms with Gasteiger partial charge in [-0.25, -0.2) is 17.6 Å². The third kappa shape index (κ3) is 3.44. The molecule has 6 aromatic rings. The fourth-order valence-corrected chi connectivity index (χ4v) is 7.36. The van der Waals surface area contributed by atoms with Gasteiger partial charge in [-0.1, -0.05) is 24.3 Å². The first-order valence-corrected chi connectivity index (χ1v) is 13.1. The Kier molecular flexibility index (Phi) is 4.95. The molecule has 0 saturated heterocycles. The first-order valence-electron chi connectivity index (χ1n) is 11.4. The van der Waals surface area contributed by atoms with E-state index < -0.39 is 23.3 Å². The molecule has 0 saturated carbocycles. The number of rotatable bonds is 2. The second-order valence-electron chi connectivity index (χ2n) is 9.01. The van der Waals surface area contributed by atoms with Crippen LogP contribution < -0.4 is 0 Å². The van der Waals surface area contributed by atoms with Gasteiger partial charge in [0.15, 0.2) is 0 Å². The quantitative estimate of drug-likeness (QED) is 0.204. The van der Waals surface area contributed by atoms with Gasteiger partial charge in [0.2, 0.25) is 11.6 Å². The van der Waals surface area contributed by atoms with E-state index in [1.54, 1.807) is 36.4 Å². The van der Waals surface area contributed by atoms with Crippen LogP contribution in [0.25, 0.3) is 42.4 Å². The minimum atomic E-state index is -0.696. The molecule has 4 aromatic carbocycles. The molecule has 7 rings (SSSR count). The van der Waals surface area contributed by atoms with Crippen molar-refractivity contribution in [2.45, 2.75) is 0 Å². The number of carbonyl (C=O) groups excluding carboxylic acids is 2. The standard InChI is InChI=1S/C30H12F4O2S2/c31-17-5-15(6-18(32)11-17)13-1-3-21-23(9-13)37-29-25(21)27(35)30-26(28(29)36)22-4-2-14(10-24(22)38-30)16-7-19(33)12-20(34)8-16/h1-12H. The molecule has 0 spiro atoms. The molecule has 0 amide bonds. The van der Waals surface area contributed by atoms with E-state index in [-0.39, 0.29) is 11.6 Å². The topological polar surface area (TPSA) is 34.1 Å². The van der Waals surface area contributed by atoms with Crippen LogP contribution >= 0.6 is 22.7 Å². The molecule has 1 aliphatic rings. The van der Waals surface area contributed by atoms with Crippen molar-refractivity contribution in [2.24, 2.45) is 0 Å². The average Bonchev–Trinajstić information content (AvgIpc) is 3.45. The number of halogens is 4. The fourth-order valence-electron chi connectivity index (χ4n) is 4.99. The highest BCUT2D eigenvalue weighted by Crippen LogP contribution is 2.45. The van der Waals surface area contributed by atoms with Crippen LogP contribution in [-0.2, 0) is 0 Å². The largest absolute Gasteiger partial charge is 0.288 e. The van der Waals surface area contributed by atoms with Gasteiger partial charge >= 0.3 is 0 Å². The number of ketones is 2. The van der Waals surface area contributed by atoms with Crippen molar-refractivity contribution in [1.29, 1.82) is 0 Å². The molecule has 2 nitrogen and oxygen atoms in total. The molecule has 0 radical (unpaired) electrons. The van der Waals surface area contributed by atoms with Crippen LogP contribution in [0.15, 0.2) is 72.8 Å². The van der Waals surface area contributed by atoms with Gasteiger partial charge in [-0.2, -0.15) is 0 Å². The van der Waals surface area contributed by atoms with E-state index in [9.17, 15) is 27.2 Å². The summed E-state index contributed by atoms with van der Waals surface area (Å²) in [5, 5.41) is 1.20. The molecule has 184 valence electrons. The Morgan fingerprint density at radius 1 is 0.447 bits per heavy atom. The maximum Gasteiger partial charge on any atom is 0.205 e. The number of carbonyl (C=O) groups is 2. The minimum Gasteiger partial charge on any atom is -0.288 e. The molecule has 0 atom stereocenters. The van der Waals surface area contributed by atoms with Crippen LogP contribution in [0.4, 0.5) is 17.6 Å². The second-order valence-corrected chi connectivity index (χ2v) is 11.1. The normalized spacial score (nSPS) is 12.8. The van der Waals surface area contributed by atoms with Crippen LogP contribution in [0.5, 0.6) is 0 Å². The maximum atomic E-state index is 13.8. The first-order chi connectivity index (χ1) is 18.3. The Morgan fingerprint density at radius 2 is 0.816 bits per heavy atom. The van der Waals surface area contributed by atoms with Gasteiger partial charge in [-0.3, -0.25) is 9.59 Å². The van der Waals surface area contributed by atoms with Crippen LogP contribution in [-0.4, -0.2) is 11.6 Å². The van der Waals surface area contributed by atoms with Gasteiger partial charge in [0.05, 0.1) is 20.9 Å². The van der Waals surface area contributed by atoms with Gasteiger partial charge in [0.1, 0.15) is 23.3 Å². The van der Waals surface area contributed by atoms with Crippen LogP contribution in [0, 0.1) is 23.3 Å². The van der Waals surface area contributed by atoms with Crippen molar-refractivity contribution < 1.29 is 27.2 Å². The van der Waals surface area contributed by atoms with Crippen molar-refractivity contribution in [3.05, 3.63) is 117 Å². The summed E-state index contributed by atoms with van der Waals surface area (Å²) >= 11 is 2.34. The summed E-state index contributed by atoms with van der Waals surface area (Å²) in [5.41, 5.74) is 2.48. The summed E-state index contributed by atoms with van der Waals surface area (Å²) in [6.07, 6.45) is 0. The van der Waals surface area contributed by atoms with Gasteiger partial charge in [0.25, 0.3) is 0 Å². The van der Waals surface area contributed by atoms with Crippen LogP contribution in [0.2, 0.25) is 0 Å². The summed E-state index contributed by atoms with van der Waals surface area (Å²) in [6.45, 7) is 0. The van der Waals surface area contributed by atoms with Gasteiger partial charge in [0, 0.05) is 32.3 Å². The molecular formula is C30H12F4O2S2. The third-order valence-corrected chi connectivity index (χ3v) is 8.94. The molecule has 38 heavy (non-hydrogen) atoms. The van der Waals surface area contributed by atoms with Crippen molar-refractivity contribution in [3.63, 3.8) is 0 Å². The van der Waals surface area contributed by atoms with Gasteiger partial charge < -0.3 is 0 Å². The monoisotopic (exact) mass is 544 g/mol. The van der Waals surface area contributed by atoms with E-state index in [4.69, 9.17) is 0 Å². The zero-order valence-electron chi connectivity index (χ0n) is 19.1. The Balaban J connectivity index is 1.35.